The molecule has 0 radical (unpaired) electrons. The summed E-state index contributed by atoms with van der Waals surface area (Å²) in [7, 11) is 0. The molecular formula is C11H15NS. The van der Waals surface area contributed by atoms with E-state index in [1.54, 1.807) is 4.88 Å². The Kier molecular flexibility index (Phi) is 1.74. The molecule has 3 rings (SSSR count). The van der Waals surface area contributed by atoms with E-state index in [1.165, 1.54) is 32.1 Å². The third-order valence-electron chi connectivity index (χ3n) is 3.55. The van der Waals surface area contributed by atoms with Crippen molar-refractivity contribution in [3.05, 3.63) is 22.4 Å². The van der Waals surface area contributed by atoms with Crippen molar-refractivity contribution < 1.29 is 0 Å². The maximum absolute atomic E-state index is 3.82. The largest absolute Gasteiger partial charge is 0.304 e. The monoisotopic (exact) mass is 193 g/mol. The van der Waals surface area contributed by atoms with Crippen molar-refractivity contribution in [1.29, 1.82) is 0 Å². The Balaban J connectivity index is 1.97. The van der Waals surface area contributed by atoms with Crippen molar-refractivity contribution >= 4 is 11.3 Å². The molecule has 0 amide bonds. The number of hydrogen-bond acceptors (Lipinski definition) is 2. The van der Waals surface area contributed by atoms with Crippen LogP contribution in [0.15, 0.2) is 17.5 Å². The van der Waals surface area contributed by atoms with Crippen LogP contribution in [0, 0.1) is 0 Å². The van der Waals surface area contributed by atoms with Gasteiger partial charge < -0.3 is 5.32 Å². The van der Waals surface area contributed by atoms with Crippen molar-refractivity contribution in [2.75, 3.05) is 0 Å². The SMILES string of the molecule is c1csc(C23CCCC(CC2)N3)c1. The predicted molar refractivity (Wildman–Crippen MR) is 56.0 cm³/mol. The summed E-state index contributed by atoms with van der Waals surface area (Å²) in [6.45, 7) is 0. The molecule has 1 aromatic heterocycles. The van der Waals surface area contributed by atoms with E-state index in [4.69, 9.17) is 0 Å². The van der Waals surface area contributed by atoms with Gasteiger partial charge in [0.2, 0.25) is 0 Å². The zero-order valence-corrected chi connectivity index (χ0v) is 8.57. The Labute approximate surface area is 83.2 Å². The van der Waals surface area contributed by atoms with Gasteiger partial charge in [0.15, 0.2) is 0 Å². The maximum Gasteiger partial charge on any atom is 0.0531 e. The van der Waals surface area contributed by atoms with Crippen LogP contribution in [0.4, 0.5) is 0 Å². The standard InChI is InChI=1S/C11H15NS/c1-3-9-5-7-11(6-1,12-9)10-4-2-8-13-10/h2,4,8-9,12H,1,3,5-7H2. The molecular weight excluding hydrogens is 178 g/mol. The van der Waals surface area contributed by atoms with Crippen LogP contribution in [0.25, 0.3) is 0 Å². The minimum Gasteiger partial charge on any atom is -0.304 e. The minimum absolute atomic E-state index is 0.386. The lowest BCUT2D eigenvalue weighted by Gasteiger charge is -2.33. The molecule has 1 nitrogen and oxygen atoms in total. The van der Waals surface area contributed by atoms with Crippen molar-refractivity contribution in [2.24, 2.45) is 0 Å². The van der Waals surface area contributed by atoms with Crippen LogP contribution in [-0.2, 0) is 5.54 Å². The topological polar surface area (TPSA) is 12.0 Å². The van der Waals surface area contributed by atoms with E-state index in [0.717, 1.165) is 6.04 Å². The van der Waals surface area contributed by atoms with Crippen LogP contribution in [0.3, 0.4) is 0 Å². The van der Waals surface area contributed by atoms with Gasteiger partial charge in [-0.25, -0.2) is 0 Å². The summed E-state index contributed by atoms with van der Waals surface area (Å²) in [4.78, 5) is 1.56. The second-order valence-electron chi connectivity index (χ2n) is 4.33. The zero-order valence-electron chi connectivity index (χ0n) is 7.75. The molecule has 1 aromatic rings. The summed E-state index contributed by atoms with van der Waals surface area (Å²) in [5.41, 5.74) is 0.386. The lowest BCUT2D eigenvalue weighted by atomic mass is 9.89. The zero-order chi connectivity index (χ0) is 8.73. The van der Waals surface area contributed by atoms with Gasteiger partial charge in [-0.05, 0) is 43.6 Å². The van der Waals surface area contributed by atoms with Gasteiger partial charge in [0.05, 0.1) is 5.54 Å². The first-order chi connectivity index (χ1) is 6.39. The van der Waals surface area contributed by atoms with Gasteiger partial charge in [0.25, 0.3) is 0 Å². The Morgan fingerprint density at radius 2 is 2.38 bits per heavy atom. The number of thiophene rings is 1. The van der Waals surface area contributed by atoms with Crippen LogP contribution in [0.5, 0.6) is 0 Å². The molecule has 2 unspecified atom stereocenters. The van der Waals surface area contributed by atoms with E-state index in [0.29, 0.717) is 5.54 Å². The number of hydrogen-bond donors (Lipinski definition) is 1. The second kappa shape index (κ2) is 2.82. The highest BCUT2D eigenvalue weighted by molar-refractivity contribution is 7.10. The van der Waals surface area contributed by atoms with E-state index in [9.17, 15) is 0 Å². The number of fused-ring (bicyclic) bond motifs is 2. The van der Waals surface area contributed by atoms with E-state index in [2.05, 4.69) is 22.8 Å². The van der Waals surface area contributed by atoms with Crippen molar-refractivity contribution in [1.82, 2.24) is 5.32 Å². The molecule has 0 spiro atoms. The molecule has 13 heavy (non-hydrogen) atoms. The number of nitrogens with one attached hydrogen (secondary N) is 1. The maximum atomic E-state index is 3.82. The molecule has 0 saturated carbocycles. The highest BCUT2D eigenvalue weighted by Crippen LogP contribution is 2.44. The van der Waals surface area contributed by atoms with Crippen LogP contribution < -0.4 is 5.32 Å². The van der Waals surface area contributed by atoms with Crippen LogP contribution >= 0.6 is 11.3 Å². The Bertz CT molecular complexity index is 289. The first kappa shape index (κ1) is 8.01. The summed E-state index contributed by atoms with van der Waals surface area (Å²) in [6, 6.07) is 5.29. The van der Waals surface area contributed by atoms with E-state index in [1.807, 2.05) is 11.3 Å². The minimum atomic E-state index is 0.386. The van der Waals surface area contributed by atoms with Gasteiger partial charge in [0.1, 0.15) is 0 Å². The first-order valence-electron chi connectivity index (χ1n) is 5.21. The van der Waals surface area contributed by atoms with Crippen molar-refractivity contribution in [2.45, 2.75) is 43.7 Å². The summed E-state index contributed by atoms with van der Waals surface area (Å²) in [5, 5.41) is 6.02. The predicted octanol–water partition coefficient (Wildman–Crippen LogP) is 2.88. The Morgan fingerprint density at radius 1 is 1.38 bits per heavy atom. The Hall–Kier alpha value is -0.340. The second-order valence-corrected chi connectivity index (χ2v) is 5.28. The molecule has 2 atom stereocenters. The fourth-order valence-corrected chi connectivity index (χ4v) is 3.84. The fourth-order valence-electron chi connectivity index (χ4n) is 2.89. The van der Waals surface area contributed by atoms with Crippen LogP contribution in [0.1, 0.15) is 37.0 Å². The van der Waals surface area contributed by atoms with Gasteiger partial charge in [-0.3, -0.25) is 0 Å². The molecule has 2 fully saturated rings. The molecule has 0 aliphatic carbocycles. The summed E-state index contributed by atoms with van der Waals surface area (Å²) >= 11 is 1.92. The lowest BCUT2D eigenvalue weighted by molar-refractivity contribution is 0.285. The van der Waals surface area contributed by atoms with Crippen molar-refractivity contribution in [3.63, 3.8) is 0 Å². The molecule has 2 aliphatic rings. The molecule has 1 N–H and O–H groups in total. The Morgan fingerprint density at radius 3 is 3.23 bits per heavy atom. The average molecular weight is 193 g/mol. The van der Waals surface area contributed by atoms with Gasteiger partial charge in [0, 0.05) is 10.9 Å². The quantitative estimate of drug-likeness (QED) is 0.723. The molecule has 2 aliphatic heterocycles. The average Bonchev–Trinajstić information content (AvgIpc) is 2.75. The molecule has 70 valence electrons. The number of piperidine rings is 1. The van der Waals surface area contributed by atoms with Gasteiger partial charge in [-0.2, -0.15) is 0 Å². The summed E-state index contributed by atoms with van der Waals surface area (Å²) in [5.74, 6) is 0. The highest BCUT2D eigenvalue weighted by Gasteiger charge is 2.42. The molecule has 2 heteroatoms. The van der Waals surface area contributed by atoms with Gasteiger partial charge in [-0.15, -0.1) is 11.3 Å². The van der Waals surface area contributed by atoms with E-state index >= 15 is 0 Å². The van der Waals surface area contributed by atoms with E-state index in [-0.39, 0.29) is 0 Å². The highest BCUT2D eigenvalue weighted by atomic mass is 32.1. The smallest absolute Gasteiger partial charge is 0.0531 e. The van der Waals surface area contributed by atoms with Crippen LogP contribution in [0.2, 0.25) is 0 Å². The van der Waals surface area contributed by atoms with Gasteiger partial charge >= 0.3 is 0 Å². The first-order valence-corrected chi connectivity index (χ1v) is 6.09. The molecule has 0 aromatic carbocycles. The van der Waals surface area contributed by atoms with Gasteiger partial charge in [-0.1, -0.05) is 6.07 Å². The molecule has 2 bridgehead atoms. The normalized spacial score (nSPS) is 38.0. The fraction of sp³-hybridized carbons (Fsp3) is 0.636. The molecule has 3 heterocycles. The molecule has 2 saturated heterocycles. The van der Waals surface area contributed by atoms with E-state index < -0.39 is 0 Å². The summed E-state index contributed by atoms with van der Waals surface area (Å²) < 4.78 is 0. The summed E-state index contributed by atoms with van der Waals surface area (Å²) in [6.07, 6.45) is 6.91. The van der Waals surface area contributed by atoms with Crippen molar-refractivity contribution in [3.8, 4) is 0 Å². The number of rotatable bonds is 1. The van der Waals surface area contributed by atoms with Crippen LogP contribution in [-0.4, -0.2) is 6.04 Å². The third-order valence-corrected chi connectivity index (χ3v) is 4.62. The lowest BCUT2D eigenvalue weighted by Crippen LogP contribution is -2.43. The third kappa shape index (κ3) is 1.16.